The highest BCUT2D eigenvalue weighted by molar-refractivity contribution is 7.18. The third-order valence-electron chi connectivity index (χ3n) is 4.06. The predicted molar refractivity (Wildman–Crippen MR) is 121 cm³/mol. The largest absolute Gasteiger partial charge is 0.382 e. The van der Waals surface area contributed by atoms with Crippen LogP contribution in [0.15, 0.2) is 35.5 Å². The number of anilines is 1. The molecular formula is C20H13Cl2FN6OS. The first-order chi connectivity index (χ1) is 14.8. The molecule has 1 amide bonds. The Bertz CT molecular complexity index is 1280. The first-order valence-electron chi connectivity index (χ1n) is 8.55. The van der Waals surface area contributed by atoms with Crippen LogP contribution in [0.3, 0.4) is 0 Å². The molecule has 3 aromatic rings. The van der Waals surface area contributed by atoms with Crippen molar-refractivity contribution in [3.8, 4) is 27.6 Å². The molecule has 0 aliphatic carbocycles. The van der Waals surface area contributed by atoms with Gasteiger partial charge in [0.05, 0.1) is 21.5 Å². The number of nitriles is 1. The minimum atomic E-state index is -0.699. The van der Waals surface area contributed by atoms with Crippen LogP contribution in [0.2, 0.25) is 10.0 Å². The van der Waals surface area contributed by atoms with Gasteiger partial charge in [0.1, 0.15) is 29.9 Å². The van der Waals surface area contributed by atoms with Crippen molar-refractivity contribution in [3.63, 3.8) is 0 Å². The summed E-state index contributed by atoms with van der Waals surface area (Å²) in [6.07, 6.45) is 1.71. The number of nitrogens with two attached hydrogens (primary N) is 1. The molecule has 0 radical (unpaired) electrons. The number of halogens is 3. The van der Waals surface area contributed by atoms with Crippen LogP contribution >= 0.6 is 34.5 Å². The van der Waals surface area contributed by atoms with E-state index < -0.39 is 5.82 Å². The second-order valence-electron chi connectivity index (χ2n) is 6.12. The van der Waals surface area contributed by atoms with Gasteiger partial charge in [-0.2, -0.15) is 5.26 Å². The Balaban J connectivity index is 2.36. The summed E-state index contributed by atoms with van der Waals surface area (Å²) >= 11 is 13.4. The van der Waals surface area contributed by atoms with Gasteiger partial charge in [-0.1, -0.05) is 29.3 Å². The summed E-state index contributed by atoms with van der Waals surface area (Å²) in [5.74, 6) is -1.00. The lowest BCUT2D eigenvalue weighted by molar-refractivity contribution is -0.114. The zero-order valence-corrected chi connectivity index (χ0v) is 18.2. The lowest BCUT2D eigenvalue weighted by atomic mass is 9.98. The van der Waals surface area contributed by atoms with E-state index in [0.29, 0.717) is 21.0 Å². The fourth-order valence-electron chi connectivity index (χ4n) is 2.85. The standard InChI is InChI=1S/C20H13Cl2FN6OS/c1-9(30)29-16-5-12(15(23)7-27-16)18-13(6-24)17(19(31-18)20(26)28-8-25)11-3-2-10(21)4-14(11)22/h2-5,7-8H,1H3,(H3,25,26,28)(H,27,29,30). The van der Waals surface area contributed by atoms with Gasteiger partial charge in [0.25, 0.3) is 0 Å². The van der Waals surface area contributed by atoms with Gasteiger partial charge in [-0.15, -0.1) is 11.3 Å². The highest BCUT2D eigenvalue weighted by atomic mass is 35.5. The van der Waals surface area contributed by atoms with Gasteiger partial charge in [0, 0.05) is 33.7 Å². The monoisotopic (exact) mass is 474 g/mol. The van der Waals surface area contributed by atoms with Crippen molar-refractivity contribution in [2.24, 2.45) is 10.7 Å². The molecule has 2 aromatic heterocycles. The number of aliphatic imine (C=N–C) groups is 1. The van der Waals surface area contributed by atoms with Crippen molar-refractivity contribution in [2.75, 3.05) is 5.32 Å². The van der Waals surface area contributed by atoms with Crippen molar-refractivity contribution in [2.45, 2.75) is 6.92 Å². The Labute approximate surface area is 190 Å². The molecule has 156 valence electrons. The van der Waals surface area contributed by atoms with Crippen LogP contribution in [-0.4, -0.2) is 23.1 Å². The van der Waals surface area contributed by atoms with Gasteiger partial charge < -0.3 is 11.1 Å². The van der Waals surface area contributed by atoms with Gasteiger partial charge in [-0.25, -0.2) is 14.4 Å². The van der Waals surface area contributed by atoms with Crippen molar-refractivity contribution in [3.05, 3.63) is 56.8 Å². The second-order valence-corrected chi connectivity index (χ2v) is 7.98. The zero-order valence-electron chi connectivity index (χ0n) is 15.8. The molecule has 0 unspecified atom stereocenters. The van der Waals surface area contributed by atoms with E-state index in [1.165, 1.54) is 19.1 Å². The third-order valence-corrected chi connectivity index (χ3v) is 5.85. The molecule has 0 fully saturated rings. The number of hydrogen-bond donors (Lipinski definition) is 3. The average Bonchev–Trinajstić information content (AvgIpc) is 3.08. The Morgan fingerprint density at radius 2 is 2.13 bits per heavy atom. The Hall–Kier alpha value is -3.32. The fourth-order valence-corrected chi connectivity index (χ4v) is 4.54. The summed E-state index contributed by atoms with van der Waals surface area (Å²) in [5.41, 5.74) is 6.97. The number of carbonyl (C=O) groups is 1. The highest BCUT2D eigenvalue weighted by Gasteiger charge is 2.26. The van der Waals surface area contributed by atoms with Crippen LogP contribution in [0.1, 0.15) is 17.4 Å². The van der Waals surface area contributed by atoms with Crippen molar-refractivity contribution < 1.29 is 9.18 Å². The SMILES string of the molecule is CC(=O)Nc1cc(-c2sc(C(N)=NC=N)c(-c3ccc(Cl)cc3Cl)c2C#N)c(F)cn1. The summed E-state index contributed by atoms with van der Waals surface area (Å²) in [5, 5.41) is 20.3. The van der Waals surface area contributed by atoms with Crippen LogP contribution in [0.25, 0.3) is 21.6 Å². The number of carbonyl (C=O) groups excluding carboxylic acids is 1. The summed E-state index contributed by atoms with van der Waals surface area (Å²) in [7, 11) is 0. The Morgan fingerprint density at radius 1 is 1.39 bits per heavy atom. The molecule has 1 aromatic carbocycles. The van der Waals surface area contributed by atoms with E-state index in [0.717, 1.165) is 23.9 Å². The van der Waals surface area contributed by atoms with E-state index in [1.807, 2.05) is 0 Å². The number of amidine groups is 1. The number of amides is 1. The number of nitrogens with zero attached hydrogens (tertiary/aromatic N) is 3. The molecule has 4 N–H and O–H groups in total. The molecule has 0 saturated carbocycles. The number of hydrogen-bond acceptors (Lipinski definition) is 5. The second kappa shape index (κ2) is 9.22. The average molecular weight is 475 g/mol. The van der Waals surface area contributed by atoms with Crippen molar-refractivity contribution in [1.29, 1.82) is 10.7 Å². The van der Waals surface area contributed by atoms with Gasteiger partial charge in [0.15, 0.2) is 0 Å². The first kappa shape index (κ1) is 22.4. The summed E-state index contributed by atoms with van der Waals surface area (Å²) in [6, 6.07) is 8.12. The molecule has 0 saturated heterocycles. The maximum absolute atomic E-state index is 14.7. The molecule has 0 spiro atoms. The number of nitrogens with one attached hydrogen (secondary N) is 2. The van der Waals surface area contributed by atoms with E-state index >= 15 is 0 Å². The van der Waals surface area contributed by atoms with E-state index in [9.17, 15) is 14.4 Å². The summed E-state index contributed by atoms with van der Waals surface area (Å²) in [4.78, 5) is 19.6. The number of thiophene rings is 1. The smallest absolute Gasteiger partial charge is 0.222 e. The maximum Gasteiger partial charge on any atom is 0.222 e. The van der Waals surface area contributed by atoms with Crippen LogP contribution in [0, 0.1) is 22.6 Å². The molecule has 0 atom stereocenters. The molecule has 3 rings (SSSR count). The number of rotatable bonds is 5. The quantitative estimate of drug-likeness (QED) is 0.352. The van der Waals surface area contributed by atoms with Gasteiger partial charge in [-0.05, 0) is 18.2 Å². The van der Waals surface area contributed by atoms with Crippen LogP contribution < -0.4 is 11.1 Å². The fraction of sp³-hybridized carbons (Fsp3) is 0.0500. The summed E-state index contributed by atoms with van der Waals surface area (Å²) < 4.78 is 14.7. The van der Waals surface area contributed by atoms with E-state index in [2.05, 4.69) is 21.4 Å². The minimum absolute atomic E-state index is 0.0414. The lowest BCUT2D eigenvalue weighted by Gasteiger charge is -2.08. The molecule has 0 aliphatic heterocycles. The molecule has 2 heterocycles. The molecule has 7 nitrogen and oxygen atoms in total. The van der Waals surface area contributed by atoms with Crippen LogP contribution in [0.5, 0.6) is 0 Å². The Morgan fingerprint density at radius 3 is 2.74 bits per heavy atom. The van der Waals surface area contributed by atoms with E-state index in [1.54, 1.807) is 12.1 Å². The van der Waals surface area contributed by atoms with Gasteiger partial charge in [-0.3, -0.25) is 10.2 Å². The van der Waals surface area contributed by atoms with Gasteiger partial charge in [0.2, 0.25) is 5.91 Å². The minimum Gasteiger partial charge on any atom is -0.382 e. The topological polar surface area (TPSA) is 128 Å². The van der Waals surface area contributed by atoms with E-state index in [4.69, 9.17) is 34.3 Å². The number of benzene rings is 1. The van der Waals surface area contributed by atoms with Crippen LogP contribution in [0.4, 0.5) is 10.2 Å². The first-order valence-corrected chi connectivity index (χ1v) is 10.1. The maximum atomic E-state index is 14.7. The zero-order chi connectivity index (χ0) is 22.7. The molecule has 0 bridgehead atoms. The van der Waals surface area contributed by atoms with Crippen molar-refractivity contribution in [1.82, 2.24) is 4.98 Å². The molecule has 11 heteroatoms. The van der Waals surface area contributed by atoms with Gasteiger partial charge >= 0.3 is 0 Å². The molecule has 31 heavy (non-hydrogen) atoms. The van der Waals surface area contributed by atoms with Crippen LogP contribution in [-0.2, 0) is 4.79 Å². The molecule has 0 aliphatic rings. The Kier molecular flexibility index (Phi) is 6.65. The van der Waals surface area contributed by atoms with E-state index in [-0.39, 0.29) is 38.6 Å². The normalized spacial score (nSPS) is 11.1. The third kappa shape index (κ3) is 4.56. The predicted octanol–water partition coefficient (Wildman–Crippen LogP) is 5.07. The lowest BCUT2D eigenvalue weighted by Crippen LogP contribution is -2.12. The van der Waals surface area contributed by atoms with Crippen molar-refractivity contribution >= 4 is 58.4 Å². The highest BCUT2D eigenvalue weighted by Crippen LogP contribution is 2.45. The molecular weight excluding hydrogens is 462 g/mol. The summed E-state index contributed by atoms with van der Waals surface area (Å²) in [6.45, 7) is 1.30. The number of pyridine rings is 1. The number of aromatic nitrogens is 1.